The Balaban J connectivity index is 3.87. The summed E-state index contributed by atoms with van der Waals surface area (Å²) in [7, 11) is -6.78. The van der Waals surface area contributed by atoms with Gasteiger partial charge in [-0.3, -0.25) is 31.1 Å². The van der Waals surface area contributed by atoms with Gasteiger partial charge in [-0.25, -0.2) is 9.85 Å². The van der Waals surface area contributed by atoms with Crippen LogP contribution >= 0.6 is 15.2 Å². The van der Waals surface area contributed by atoms with Crippen LogP contribution in [0.1, 0.15) is 6.42 Å². The number of hydrogen-bond donors (Lipinski definition) is 6. The number of nitrogens with zero attached hydrogens (tertiary/aromatic N) is 1. The van der Waals surface area contributed by atoms with Crippen molar-refractivity contribution >= 4 is 21.4 Å². The summed E-state index contributed by atoms with van der Waals surface area (Å²) < 4.78 is 24.7. The van der Waals surface area contributed by atoms with Crippen LogP contribution in [0.2, 0.25) is 0 Å². The first-order chi connectivity index (χ1) is 6.60. The van der Waals surface area contributed by atoms with E-state index in [1.165, 1.54) is 0 Å². The van der Waals surface area contributed by atoms with E-state index in [9.17, 15) is 14.2 Å². The summed E-state index contributed by atoms with van der Waals surface area (Å²) in [5.41, 5.74) is 19.8. The average Bonchev–Trinajstić information content (AvgIpc) is 1.97. The van der Waals surface area contributed by atoms with Gasteiger partial charge in [0.05, 0.1) is 6.10 Å². The van der Waals surface area contributed by atoms with E-state index in [4.69, 9.17) is 22.0 Å². The molecule has 0 amide bonds. The van der Waals surface area contributed by atoms with Crippen LogP contribution in [-0.4, -0.2) is 24.0 Å². The van der Waals surface area contributed by atoms with Crippen LogP contribution in [0.3, 0.4) is 0 Å². The maximum atomic E-state index is 10.8. The highest BCUT2D eigenvalue weighted by atomic mass is 31.2. The highest BCUT2D eigenvalue weighted by Crippen LogP contribution is 2.25. The number of aliphatic hydroxyl groups is 1. The Kier molecular flexibility index (Phi) is 5.79. The van der Waals surface area contributed by atoms with Gasteiger partial charge in [-0.1, -0.05) is 0 Å². The highest BCUT2D eigenvalue weighted by Gasteiger charge is 2.09. The van der Waals surface area contributed by atoms with E-state index in [1.807, 2.05) is 0 Å². The number of aliphatic hydroxyl groups excluding tert-OH is 1. The van der Waals surface area contributed by atoms with E-state index >= 15 is 0 Å². The largest absolute Gasteiger partial charge is 0.387 e. The molecule has 0 saturated carbocycles. The minimum Gasteiger partial charge on any atom is -0.387 e. The molecule has 90 valence electrons. The molecule has 15 heavy (non-hydrogen) atoms. The quantitative estimate of drug-likeness (QED) is 0.244. The molecule has 0 aromatic heterocycles. The van der Waals surface area contributed by atoms with Crippen molar-refractivity contribution < 1.29 is 14.2 Å². The summed E-state index contributed by atoms with van der Waals surface area (Å²) in [6.07, 6.45) is 0.0898. The van der Waals surface area contributed by atoms with Crippen LogP contribution in [0.4, 0.5) is 0 Å². The fraction of sp³-hybridized carbons (Fsp3) is 0.750. The lowest BCUT2D eigenvalue weighted by Crippen LogP contribution is -2.26. The molecule has 0 fully saturated rings. The van der Waals surface area contributed by atoms with Gasteiger partial charge in [0.2, 0.25) is 0 Å². The van der Waals surface area contributed by atoms with Crippen LogP contribution in [0.25, 0.3) is 0 Å². The molecule has 0 aliphatic rings. The zero-order valence-electron chi connectivity index (χ0n) is 7.98. The summed E-state index contributed by atoms with van der Waals surface area (Å²) in [5.74, 6) is 0. The van der Waals surface area contributed by atoms with Crippen LogP contribution in [0.15, 0.2) is 4.76 Å². The first-order valence-corrected chi connectivity index (χ1v) is 7.58. The molecule has 0 aromatic rings. The van der Waals surface area contributed by atoms with Crippen molar-refractivity contribution in [1.29, 1.82) is 0 Å². The standard InChI is InChI=1S/C4H16N6O3P2/c5-14(6,12)9-2-1-4(11)3-10-15(7,8)13/h3-4,11H,1-2H2,(H4,7,8,13)(H5,5,6,9,12). The highest BCUT2D eigenvalue weighted by molar-refractivity contribution is 7.57. The number of nitrogens with one attached hydrogen (secondary N) is 1. The van der Waals surface area contributed by atoms with Crippen molar-refractivity contribution in [2.75, 3.05) is 6.54 Å². The molecule has 0 radical (unpaired) electrons. The molecule has 9 nitrogen and oxygen atoms in total. The Labute approximate surface area is 87.3 Å². The molecule has 0 spiro atoms. The van der Waals surface area contributed by atoms with Crippen molar-refractivity contribution in [2.45, 2.75) is 12.5 Å². The Bertz CT molecular complexity index is 307. The van der Waals surface area contributed by atoms with E-state index in [0.717, 1.165) is 6.21 Å². The predicted molar refractivity (Wildman–Crippen MR) is 59.1 cm³/mol. The molecule has 0 rings (SSSR count). The average molecular weight is 258 g/mol. The Morgan fingerprint density at radius 1 is 1.33 bits per heavy atom. The molecule has 0 aromatic carbocycles. The Morgan fingerprint density at radius 2 is 1.87 bits per heavy atom. The lowest BCUT2D eigenvalue weighted by molar-refractivity contribution is 0.237. The Hall–Kier alpha value is -0.110. The van der Waals surface area contributed by atoms with Gasteiger partial charge in [-0.2, -0.15) is 0 Å². The maximum absolute atomic E-state index is 10.8. The van der Waals surface area contributed by atoms with Crippen LogP contribution < -0.4 is 27.1 Å². The van der Waals surface area contributed by atoms with Crippen molar-refractivity contribution in [3.63, 3.8) is 0 Å². The van der Waals surface area contributed by atoms with Gasteiger partial charge in [0.1, 0.15) is 0 Å². The van der Waals surface area contributed by atoms with Crippen molar-refractivity contribution in [1.82, 2.24) is 5.09 Å². The second-order valence-corrected chi connectivity index (χ2v) is 6.22. The fourth-order valence-corrected chi connectivity index (χ4v) is 1.48. The van der Waals surface area contributed by atoms with Crippen molar-refractivity contribution in [2.24, 2.45) is 26.8 Å². The second-order valence-electron chi connectivity index (χ2n) is 2.91. The first kappa shape index (κ1) is 14.9. The topological polar surface area (TPSA) is 183 Å². The maximum Gasteiger partial charge on any atom is 0.318 e. The van der Waals surface area contributed by atoms with E-state index in [2.05, 4.69) is 9.85 Å². The number of rotatable bonds is 6. The zero-order valence-corrected chi connectivity index (χ0v) is 9.77. The summed E-state index contributed by atoms with van der Waals surface area (Å²) in [6, 6.07) is 0. The lowest BCUT2D eigenvalue weighted by atomic mass is 10.3. The van der Waals surface area contributed by atoms with E-state index in [0.29, 0.717) is 0 Å². The van der Waals surface area contributed by atoms with Crippen LogP contribution in [0.5, 0.6) is 0 Å². The molecule has 0 aliphatic heterocycles. The molecule has 1 atom stereocenters. The molecule has 0 saturated heterocycles. The van der Waals surface area contributed by atoms with E-state index in [1.54, 1.807) is 0 Å². The first-order valence-electron chi connectivity index (χ1n) is 3.93. The van der Waals surface area contributed by atoms with Gasteiger partial charge in [0.15, 0.2) is 0 Å². The van der Waals surface area contributed by atoms with Gasteiger partial charge >= 0.3 is 7.59 Å². The monoisotopic (exact) mass is 258 g/mol. The van der Waals surface area contributed by atoms with Gasteiger partial charge in [-0.15, -0.1) is 0 Å². The molecular formula is C4H16N6O3P2. The third-order valence-corrected chi connectivity index (χ3v) is 2.43. The zero-order chi connectivity index (χ0) is 12.1. The van der Waals surface area contributed by atoms with E-state index in [-0.39, 0.29) is 13.0 Å². The second kappa shape index (κ2) is 5.83. The fourth-order valence-electron chi connectivity index (χ4n) is 0.643. The smallest absolute Gasteiger partial charge is 0.318 e. The Morgan fingerprint density at radius 3 is 2.27 bits per heavy atom. The lowest BCUT2D eigenvalue weighted by Gasteiger charge is -2.09. The third-order valence-electron chi connectivity index (χ3n) is 1.22. The number of nitrogens with two attached hydrogens (primary N) is 4. The predicted octanol–water partition coefficient (Wildman–Crippen LogP) is -1.55. The van der Waals surface area contributed by atoms with E-state index < -0.39 is 21.3 Å². The molecule has 11 heteroatoms. The van der Waals surface area contributed by atoms with Gasteiger partial charge in [-0.05, 0) is 6.42 Å². The van der Waals surface area contributed by atoms with Gasteiger partial charge < -0.3 is 5.11 Å². The van der Waals surface area contributed by atoms with Crippen LogP contribution in [0, 0.1) is 0 Å². The summed E-state index contributed by atoms with van der Waals surface area (Å²) in [6.45, 7) is 0.122. The molecule has 0 aliphatic carbocycles. The number of hydrogen-bond acceptors (Lipinski definition) is 3. The van der Waals surface area contributed by atoms with Gasteiger partial charge in [0.25, 0.3) is 7.59 Å². The molecular weight excluding hydrogens is 242 g/mol. The van der Waals surface area contributed by atoms with Crippen LogP contribution in [-0.2, 0) is 9.13 Å². The summed E-state index contributed by atoms with van der Waals surface area (Å²) >= 11 is 0. The molecule has 0 bridgehead atoms. The molecule has 0 heterocycles. The third kappa shape index (κ3) is 11.8. The summed E-state index contributed by atoms with van der Waals surface area (Å²) in [5, 5.41) is 11.5. The van der Waals surface area contributed by atoms with Crippen molar-refractivity contribution in [3.05, 3.63) is 0 Å². The summed E-state index contributed by atoms with van der Waals surface area (Å²) in [4.78, 5) is 0. The van der Waals surface area contributed by atoms with Crippen molar-refractivity contribution in [3.8, 4) is 0 Å². The minimum atomic E-state index is -3.50. The SMILES string of the molecule is NP(N)(=O)N=CC(O)CCNP(N)(N)=O. The molecule has 1 unspecified atom stereocenters. The minimum absolute atomic E-state index is 0.122. The normalized spacial score (nSPS) is 15.8. The van der Waals surface area contributed by atoms with Gasteiger partial charge in [0, 0.05) is 12.8 Å². The molecule has 10 N–H and O–H groups in total.